The molecule has 4 aromatic carbocycles. The molecule has 4 rings (SSSR count). The van der Waals surface area contributed by atoms with Crippen molar-refractivity contribution in [3.8, 4) is 6.07 Å². The Morgan fingerprint density at radius 1 is 0.625 bits per heavy atom. The van der Waals surface area contributed by atoms with Gasteiger partial charge in [-0.2, -0.15) is 5.26 Å². The van der Waals surface area contributed by atoms with E-state index in [0.29, 0.717) is 0 Å². The maximum Gasteiger partial charge on any atom is 0.0905 e. The Labute approximate surface area is 142 Å². The van der Waals surface area contributed by atoms with Crippen LogP contribution in [0.4, 0.5) is 0 Å². The van der Waals surface area contributed by atoms with Crippen LogP contribution in [0, 0.1) is 11.3 Å². The van der Waals surface area contributed by atoms with Gasteiger partial charge in [0.15, 0.2) is 0 Å². The van der Waals surface area contributed by atoms with E-state index in [1.165, 1.54) is 38.4 Å². The van der Waals surface area contributed by atoms with Gasteiger partial charge in [-0.3, -0.25) is 0 Å². The summed E-state index contributed by atoms with van der Waals surface area (Å²) in [7, 11) is 0. The van der Waals surface area contributed by atoms with E-state index in [9.17, 15) is 0 Å². The van der Waals surface area contributed by atoms with Gasteiger partial charge >= 0.3 is 0 Å². The van der Waals surface area contributed by atoms with Gasteiger partial charge in [-0.1, -0.05) is 92.6 Å². The molecule has 0 saturated heterocycles. The minimum Gasteiger partial charge on any atom is -0.193 e. The molecule has 0 heterocycles. The molecular weight excluding hydrogens is 290 g/mol. The molecule has 0 unspecified atom stereocenters. The van der Waals surface area contributed by atoms with Crippen LogP contribution in [0.25, 0.3) is 32.3 Å². The van der Waals surface area contributed by atoms with Gasteiger partial charge < -0.3 is 0 Å². The molecule has 1 nitrogen and oxygen atoms in total. The molecule has 0 radical (unpaired) electrons. The summed E-state index contributed by atoms with van der Waals surface area (Å²) in [5, 5.41) is 15.6. The summed E-state index contributed by atoms with van der Waals surface area (Å²) >= 11 is 0. The molecule has 24 heavy (non-hydrogen) atoms. The molecule has 0 N–H and O–H groups in total. The van der Waals surface area contributed by atoms with Crippen molar-refractivity contribution in [3.05, 3.63) is 98.6 Å². The molecule has 0 atom stereocenters. The molecule has 0 aliphatic carbocycles. The van der Waals surface area contributed by atoms with E-state index in [-0.39, 0.29) is 0 Å². The Morgan fingerprint density at radius 3 is 1.12 bits per heavy atom. The van der Waals surface area contributed by atoms with Gasteiger partial charge in [0.25, 0.3) is 0 Å². The molecule has 116 valence electrons. The smallest absolute Gasteiger partial charge is 0.0905 e. The largest absolute Gasteiger partial charge is 0.193 e. The van der Waals surface area contributed by atoms with Gasteiger partial charge in [-0.25, -0.2) is 0 Å². The molecule has 0 amide bonds. The fourth-order valence-electron chi connectivity index (χ4n) is 2.67. The van der Waals surface area contributed by atoms with E-state index in [4.69, 9.17) is 5.26 Å². The second-order valence-electron chi connectivity index (χ2n) is 5.09. The number of hydrogen-bond acceptors (Lipinski definition) is 1. The van der Waals surface area contributed by atoms with Gasteiger partial charge in [0.1, 0.15) is 0 Å². The standard InChI is InChI=1S/C16H10.C4H6.C3H3N/c1-3-11-7-9-13-5-2-6-14-10-8-12(4-1)15(11)16(13)14;1-3-4-2;1-2-3-4/h1-10H;3-4H,1-2H2;2H,1H2. The predicted octanol–water partition coefficient (Wildman–Crippen LogP) is 6.64. The highest BCUT2D eigenvalue weighted by Gasteiger charge is 2.05. The lowest BCUT2D eigenvalue weighted by atomic mass is 9.95. The van der Waals surface area contributed by atoms with Gasteiger partial charge in [0, 0.05) is 6.08 Å². The van der Waals surface area contributed by atoms with Crippen LogP contribution in [-0.4, -0.2) is 0 Å². The van der Waals surface area contributed by atoms with Gasteiger partial charge in [0.05, 0.1) is 6.07 Å². The molecule has 0 saturated carbocycles. The lowest BCUT2D eigenvalue weighted by Crippen LogP contribution is -1.82. The van der Waals surface area contributed by atoms with Crippen LogP contribution in [0.15, 0.2) is 98.6 Å². The van der Waals surface area contributed by atoms with Crippen molar-refractivity contribution in [3.63, 3.8) is 0 Å². The van der Waals surface area contributed by atoms with Crippen molar-refractivity contribution in [2.75, 3.05) is 0 Å². The lowest BCUT2D eigenvalue weighted by molar-refractivity contribution is 1.54. The lowest BCUT2D eigenvalue weighted by Gasteiger charge is -2.09. The van der Waals surface area contributed by atoms with Gasteiger partial charge in [0.2, 0.25) is 0 Å². The van der Waals surface area contributed by atoms with Crippen LogP contribution in [-0.2, 0) is 0 Å². The first-order valence-corrected chi connectivity index (χ1v) is 7.63. The van der Waals surface area contributed by atoms with Crippen molar-refractivity contribution >= 4 is 32.3 Å². The minimum absolute atomic E-state index is 1.18. The van der Waals surface area contributed by atoms with Gasteiger partial charge in [-0.15, -0.1) is 0 Å². The molecule has 0 spiro atoms. The first-order valence-electron chi connectivity index (χ1n) is 7.63. The average Bonchev–Trinajstić information content (AvgIpc) is 2.66. The highest BCUT2D eigenvalue weighted by Crippen LogP contribution is 2.33. The van der Waals surface area contributed by atoms with E-state index in [1.807, 2.05) is 0 Å². The van der Waals surface area contributed by atoms with Crippen LogP contribution in [0.2, 0.25) is 0 Å². The molecule has 0 fully saturated rings. The Morgan fingerprint density at radius 2 is 0.917 bits per heavy atom. The normalized spacial score (nSPS) is 9.29. The molecule has 0 aliphatic rings. The first kappa shape index (κ1) is 17.0. The van der Waals surface area contributed by atoms with E-state index in [2.05, 4.69) is 80.4 Å². The highest BCUT2D eigenvalue weighted by atomic mass is 14.2. The van der Waals surface area contributed by atoms with Crippen molar-refractivity contribution in [1.29, 1.82) is 5.26 Å². The van der Waals surface area contributed by atoms with Crippen LogP contribution in [0.5, 0.6) is 0 Å². The Bertz CT molecular complexity index is 883. The summed E-state index contributed by atoms with van der Waals surface area (Å²) in [6.07, 6.45) is 4.46. The molecule has 4 aromatic rings. The summed E-state index contributed by atoms with van der Waals surface area (Å²) in [4.78, 5) is 0. The monoisotopic (exact) mass is 309 g/mol. The second-order valence-corrected chi connectivity index (χ2v) is 5.09. The number of hydrogen-bond donors (Lipinski definition) is 0. The molecular formula is C23H19N. The van der Waals surface area contributed by atoms with Crippen molar-refractivity contribution in [2.45, 2.75) is 0 Å². The maximum atomic E-state index is 7.51. The third-order valence-electron chi connectivity index (χ3n) is 3.65. The van der Waals surface area contributed by atoms with Gasteiger partial charge in [-0.05, 0) is 32.3 Å². The van der Waals surface area contributed by atoms with Crippen LogP contribution >= 0.6 is 0 Å². The summed E-state index contributed by atoms with van der Waals surface area (Å²) in [6.45, 7) is 9.84. The first-order chi connectivity index (χ1) is 11.8. The zero-order chi connectivity index (χ0) is 17.4. The van der Waals surface area contributed by atoms with Crippen LogP contribution < -0.4 is 0 Å². The topological polar surface area (TPSA) is 23.8 Å². The number of nitrogens with zero attached hydrogens (tertiary/aromatic N) is 1. The summed E-state index contributed by atoms with van der Waals surface area (Å²) in [5.74, 6) is 0. The van der Waals surface area contributed by atoms with Crippen LogP contribution in [0.1, 0.15) is 0 Å². The van der Waals surface area contributed by atoms with Crippen LogP contribution in [0.3, 0.4) is 0 Å². The Balaban J connectivity index is 0.000000223. The summed E-state index contributed by atoms with van der Waals surface area (Å²) in [5.41, 5.74) is 0. The SMILES string of the molecule is C=CC#N.C=CC=C.c1cc2ccc3cccc4ccc(c1)c2c34. The molecule has 1 heteroatoms. The number of nitriles is 1. The Kier molecular flexibility index (Phi) is 5.88. The second kappa shape index (κ2) is 8.31. The van der Waals surface area contributed by atoms with E-state index >= 15 is 0 Å². The third kappa shape index (κ3) is 3.51. The molecule has 0 bridgehead atoms. The average molecular weight is 309 g/mol. The summed E-state index contributed by atoms with van der Waals surface area (Å²) < 4.78 is 0. The van der Waals surface area contributed by atoms with E-state index in [1.54, 1.807) is 18.2 Å². The number of rotatable bonds is 1. The van der Waals surface area contributed by atoms with Crippen molar-refractivity contribution < 1.29 is 0 Å². The van der Waals surface area contributed by atoms with E-state index in [0.717, 1.165) is 0 Å². The number of allylic oxidation sites excluding steroid dienone is 3. The number of benzene rings is 4. The quantitative estimate of drug-likeness (QED) is 0.220. The van der Waals surface area contributed by atoms with Crippen molar-refractivity contribution in [1.82, 2.24) is 0 Å². The third-order valence-corrected chi connectivity index (χ3v) is 3.65. The fourth-order valence-corrected chi connectivity index (χ4v) is 2.67. The zero-order valence-electron chi connectivity index (χ0n) is 13.6. The highest BCUT2D eigenvalue weighted by molar-refractivity contribution is 6.22. The Hall–Kier alpha value is -3.37. The summed E-state index contributed by atoms with van der Waals surface area (Å²) in [6, 6.07) is 23.6. The maximum absolute atomic E-state index is 7.51. The predicted molar refractivity (Wildman–Crippen MR) is 106 cm³/mol. The molecule has 0 aliphatic heterocycles. The van der Waals surface area contributed by atoms with E-state index < -0.39 is 0 Å². The van der Waals surface area contributed by atoms with Crippen molar-refractivity contribution in [2.24, 2.45) is 0 Å². The minimum atomic E-state index is 1.18. The molecule has 0 aromatic heterocycles. The fraction of sp³-hybridized carbons (Fsp3) is 0. The zero-order valence-corrected chi connectivity index (χ0v) is 13.6.